The molecule has 8 heteroatoms. The van der Waals surface area contributed by atoms with Crippen LogP contribution in [0.1, 0.15) is 57.4 Å². The third kappa shape index (κ3) is 2.95. The minimum absolute atomic E-state index is 0.0734. The Balaban J connectivity index is 1.45. The first-order valence-corrected chi connectivity index (χ1v) is 10.1. The Kier molecular flexibility index (Phi) is 4.45. The lowest BCUT2D eigenvalue weighted by Crippen LogP contribution is -2.29. The van der Waals surface area contributed by atoms with Crippen LogP contribution in [0.15, 0.2) is 60.7 Å². The van der Waals surface area contributed by atoms with E-state index in [4.69, 9.17) is 4.74 Å². The van der Waals surface area contributed by atoms with Crippen LogP contribution in [0.25, 0.3) is 0 Å². The highest BCUT2D eigenvalue weighted by Gasteiger charge is 2.38. The number of para-hydroxylation sites is 1. The zero-order valence-electron chi connectivity index (χ0n) is 17.6. The van der Waals surface area contributed by atoms with Crippen LogP contribution >= 0.6 is 0 Å². The Bertz CT molecular complexity index is 1410. The van der Waals surface area contributed by atoms with Crippen LogP contribution < -0.4 is 9.64 Å². The van der Waals surface area contributed by atoms with Crippen LogP contribution in [0.4, 0.5) is 5.69 Å². The zero-order chi connectivity index (χ0) is 23.4. The van der Waals surface area contributed by atoms with Crippen LogP contribution in [-0.4, -0.2) is 41.5 Å². The van der Waals surface area contributed by atoms with Crippen molar-refractivity contribution in [3.8, 4) is 5.75 Å². The second-order valence-electron chi connectivity index (χ2n) is 7.71. The molecule has 0 aromatic heterocycles. The van der Waals surface area contributed by atoms with Gasteiger partial charge in [0, 0.05) is 12.6 Å². The molecule has 8 nitrogen and oxygen atoms in total. The monoisotopic (exact) mass is 440 g/mol. The van der Waals surface area contributed by atoms with E-state index < -0.39 is 29.6 Å². The van der Waals surface area contributed by atoms with Crippen molar-refractivity contribution in [1.82, 2.24) is 4.90 Å². The minimum atomic E-state index is -0.760. The van der Waals surface area contributed by atoms with E-state index >= 15 is 0 Å². The SMILES string of the molecule is Cc1c(OC(=O)c2ccc3c(c2)C(=O)N(c2ccccc2)C3=O)ccc2c1C(=O)N(C)C2=O. The van der Waals surface area contributed by atoms with Crippen LogP contribution in [0.3, 0.4) is 0 Å². The van der Waals surface area contributed by atoms with E-state index in [-0.39, 0.29) is 33.6 Å². The summed E-state index contributed by atoms with van der Waals surface area (Å²) in [6, 6.07) is 15.6. The van der Waals surface area contributed by atoms with Gasteiger partial charge in [0.25, 0.3) is 23.6 Å². The maximum Gasteiger partial charge on any atom is 0.343 e. The van der Waals surface area contributed by atoms with Gasteiger partial charge in [0.05, 0.1) is 33.5 Å². The van der Waals surface area contributed by atoms with Gasteiger partial charge in [0.15, 0.2) is 0 Å². The molecule has 5 rings (SSSR count). The molecular weight excluding hydrogens is 424 g/mol. The number of esters is 1. The molecule has 3 aromatic carbocycles. The number of hydrogen-bond donors (Lipinski definition) is 0. The van der Waals surface area contributed by atoms with Gasteiger partial charge in [-0.1, -0.05) is 18.2 Å². The standard InChI is InChI=1S/C25H16N2O6/c1-13-19(11-10-17-20(13)24(31)26(2)21(17)28)33-25(32)14-8-9-16-18(12-14)23(30)27(22(16)29)15-6-4-3-5-7-15/h3-12H,1-2H3. The van der Waals surface area contributed by atoms with Gasteiger partial charge >= 0.3 is 5.97 Å². The number of amides is 4. The Morgan fingerprint density at radius 1 is 0.758 bits per heavy atom. The van der Waals surface area contributed by atoms with Crippen LogP contribution in [0.2, 0.25) is 0 Å². The van der Waals surface area contributed by atoms with Crippen LogP contribution in [-0.2, 0) is 0 Å². The number of carbonyl (C=O) groups excluding carboxylic acids is 5. The van der Waals surface area contributed by atoms with E-state index in [1.54, 1.807) is 37.3 Å². The fourth-order valence-electron chi connectivity index (χ4n) is 4.04. The first-order chi connectivity index (χ1) is 15.8. The van der Waals surface area contributed by atoms with E-state index in [1.165, 1.54) is 37.4 Å². The molecule has 33 heavy (non-hydrogen) atoms. The molecule has 0 saturated heterocycles. The van der Waals surface area contributed by atoms with E-state index in [0.717, 1.165) is 9.80 Å². The summed E-state index contributed by atoms with van der Waals surface area (Å²) in [5.41, 5.74) is 1.62. The molecule has 162 valence electrons. The summed E-state index contributed by atoms with van der Waals surface area (Å²) in [5.74, 6) is -2.51. The van der Waals surface area contributed by atoms with E-state index in [2.05, 4.69) is 0 Å². The first-order valence-electron chi connectivity index (χ1n) is 10.1. The first kappa shape index (κ1) is 20.3. The number of carbonyl (C=O) groups is 5. The molecule has 2 heterocycles. The number of benzene rings is 3. The van der Waals surface area contributed by atoms with Gasteiger partial charge in [0.1, 0.15) is 5.75 Å². The Morgan fingerprint density at radius 3 is 2.15 bits per heavy atom. The summed E-state index contributed by atoms with van der Waals surface area (Å²) < 4.78 is 5.48. The molecule has 2 aliphatic rings. The van der Waals surface area contributed by atoms with E-state index in [0.29, 0.717) is 11.3 Å². The van der Waals surface area contributed by atoms with E-state index in [9.17, 15) is 24.0 Å². The molecule has 3 aromatic rings. The van der Waals surface area contributed by atoms with Crippen molar-refractivity contribution >= 4 is 35.3 Å². The lowest BCUT2D eigenvalue weighted by atomic mass is 10.0. The van der Waals surface area contributed by atoms with Crippen molar-refractivity contribution in [3.05, 3.63) is 94.0 Å². The second-order valence-corrected chi connectivity index (χ2v) is 7.71. The Labute approximate surface area is 188 Å². The molecule has 0 saturated carbocycles. The van der Waals surface area contributed by atoms with Gasteiger partial charge in [0.2, 0.25) is 0 Å². The maximum absolute atomic E-state index is 12.9. The predicted molar refractivity (Wildman–Crippen MR) is 117 cm³/mol. The smallest absolute Gasteiger partial charge is 0.343 e. The molecule has 0 N–H and O–H groups in total. The number of ether oxygens (including phenoxy) is 1. The second kappa shape index (κ2) is 7.23. The fourth-order valence-corrected chi connectivity index (χ4v) is 4.04. The fraction of sp³-hybridized carbons (Fsp3) is 0.0800. The summed E-state index contributed by atoms with van der Waals surface area (Å²) in [7, 11) is 1.39. The van der Waals surface area contributed by atoms with Gasteiger partial charge < -0.3 is 4.74 Å². The van der Waals surface area contributed by atoms with Gasteiger partial charge in [-0.2, -0.15) is 0 Å². The highest BCUT2D eigenvalue weighted by Crippen LogP contribution is 2.32. The van der Waals surface area contributed by atoms with Crippen molar-refractivity contribution < 1.29 is 28.7 Å². The van der Waals surface area contributed by atoms with Gasteiger partial charge in [-0.3, -0.25) is 24.1 Å². The summed E-state index contributed by atoms with van der Waals surface area (Å²) in [5, 5.41) is 0. The Hall–Kier alpha value is -4.59. The normalized spacial score (nSPS) is 14.6. The minimum Gasteiger partial charge on any atom is -0.423 e. The third-order valence-electron chi connectivity index (χ3n) is 5.81. The number of anilines is 1. The number of imide groups is 2. The molecule has 2 aliphatic heterocycles. The number of fused-ring (bicyclic) bond motifs is 2. The average molecular weight is 440 g/mol. The topological polar surface area (TPSA) is 101 Å². The summed E-state index contributed by atoms with van der Waals surface area (Å²) in [6.45, 7) is 1.59. The maximum atomic E-state index is 12.9. The molecule has 0 atom stereocenters. The number of rotatable bonds is 3. The number of nitrogens with zero attached hydrogens (tertiary/aromatic N) is 2. The van der Waals surface area contributed by atoms with Gasteiger partial charge in [-0.05, 0) is 49.4 Å². The van der Waals surface area contributed by atoms with Crippen molar-refractivity contribution in [2.75, 3.05) is 11.9 Å². The molecule has 0 radical (unpaired) electrons. The molecule has 4 amide bonds. The van der Waals surface area contributed by atoms with Gasteiger partial charge in [-0.15, -0.1) is 0 Å². The van der Waals surface area contributed by atoms with E-state index in [1.807, 2.05) is 0 Å². The lowest BCUT2D eigenvalue weighted by Gasteiger charge is -2.13. The summed E-state index contributed by atoms with van der Waals surface area (Å²) in [6.07, 6.45) is 0. The lowest BCUT2D eigenvalue weighted by molar-refractivity contribution is 0.0686. The van der Waals surface area contributed by atoms with Crippen molar-refractivity contribution in [2.24, 2.45) is 0 Å². The Morgan fingerprint density at radius 2 is 1.42 bits per heavy atom. The molecule has 0 bridgehead atoms. The van der Waals surface area contributed by atoms with Gasteiger partial charge in [-0.25, -0.2) is 9.69 Å². The van der Waals surface area contributed by atoms with Crippen LogP contribution in [0, 0.1) is 6.92 Å². The molecule has 0 spiro atoms. The molecule has 0 aliphatic carbocycles. The van der Waals surface area contributed by atoms with Crippen LogP contribution in [0.5, 0.6) is 5.75 Å². The highest BCUT2D eigenvalue weighted by molar-refractivity contribution is 6.34. The highest BCUT2D eigenvalue weighted by atomic mass is 16.5. The summed E-state index contributed by atoms with van der Waals surface area (Å²) >= 11 is 0. The van der Waals surface area contributed by atoms with Crippen molar-refractivity contribution in [2.45, 2.75) is 6.92 Å². The van der Waals surface area contributed by atoms with Crippen molar-refractivity contribution in [3.63, 3.8) is 0 Å². The molecule has 0 fully saturated rings. The molecular formula is C25H16N2O6. The zero-order valence-corrected chi connectivity index (χ0v) is 17.6. The number of hydrogen-bond acceptors (Lipinski definition) is 6. The third-order valence-corrected chi connectivity index (χ3v) is 5.81. The summed E-state index contributed by atoms with van der Waals surface area (Å²) in [4.78, 5) is 65.0. The predicted octanol–water partition coefficient (Wildman–Crippen LogP) is 3.24. The quantitative estimate of drug-likeness (QED) is 0.352. The molecule has 0 unspecified atom stereocenters. The largest absolute Gasteiger partial charge is 0.423 e. The average Bonchev–Trinajstić information content (AvgIpc) is 3.20. The van der Waals surface area contributed by atoms with Crippen molar-refractivity contribution in [1.29, 1.82) is 0 Å².